The van der Waals surface area contributed by atoms with Crippen LogP contribution in [0.15, 0.2) is 108 Å². The Morgan fingerprint density at radius 2 is 1.24 bits per heavy atom. The predicted octanol–water partition coefficient (Wildman–Crippen LogP) is 5.80. The minimum absolute atomic E-state index is 0.247. The number of hydrogen-bond acceptors (Lipinski definition) is 4. The van der Waals surface area contributed by atoms with Crippen LogP contribution >= 0.6 is 0 Å². The Morgan fingerprint density at radius 3 is 1.89 bits per heavy atom. The van der Waals surface area contributed by atoms with Crippen LogP contribution in [0.25, 0.3) is 27.7 Å². The van der Waals surface area contributed by atoms with E-state index in [2.05, 4.69) is 0 Å². The summed E-state index contributed by atoms with van der Waals surface area (Å²) >= 11 is 0. The quantitative estimate of drug-likeness (QED) is 0.295. The van der Waals surface area contributed by atoms with Gasteiger partial charge in [-0.05, 0) is 53.9 Å². The van der Waals surface area contributed by atoms with Crippen molar-refractivity contribution in [2.75, 3.05) is 0 Å². The third kappa shape index (κ3) is 3.65. The second-order valence-electron chi connectivity index (χ2n) is 8.99. The molecule has 0 saturated carbocycles. The number of amides is 2. The first-order valence-corrected chi connectivity index (χ1v) is 12.2. The fraction of sp³-hybridized carbons (Fsp3) is 0.0968. The van der Waals surface area contributed by atoms with Crippen LogP contribution in [0.1, 0.15) is 45.9 Å². The van der Waals surface area contributed by atoms with Gasteiger partial charge in [0.05, 0.1) is 33.8 Å². The molecule has 0 saturated heterocycles. The molecule has 0 radical (unpaired) electrons. The fourth-order valence-electron chi connectivity index (χ4n) is 5.03. The molecular formula is C31H23N3O3. The Hall–Kier alpha value is -4.84. The number of nitrogens with zero attached hydrogens (tertiary/aromatic N) is 3. The lowest BCUT2D eigenvalue weighted by molar-refractivity contribution is 0.0568. The minimum atomic E-state index is -0.724. The van der Waals surface area contributed by atoms with Crippen LogP contribution in [-0.4, -0.2) is 26.3 Å². The molecule has 1 aliphatic rings. The molecule has 1 unspecified atom stereocenters. The van der Waals surface area contributed by atoms with Crippen molar-refractivity contribution in [1.82, 2.24) is 14.5 Å². The van der Waals surface area contributed by atoms with E-state index >= 15 is 0 Å². The van der Waals surface area contributed by atoms with Crippen molar-refractivity contribution in [3.63, 3.8) is 0 Å². The van der Waals surface area contributed by atoms with Gasteiger partial charge in [0.25, 0.3) is 17.4 Å². The molecule has 180 valence electrons. The van der Waals surface area contributed by atoms with E-state index in [1.807, 2.05) is 67.6 Å². The van der Waals surface area contributed by atoms with Crippen LogP contribution in [0, 0.1) is 0 Å². The summed E-state index contributed by atoms with van der Waals surface area (Å²) in [6.45, 7) is 1.89. The molecule has 0 aliphatic carbocycles. The molecule has 0 spiro atoms. The van der Waals surface area contributed by atoms with Crippen molar-refractivity contribution in [2.24, 2.45) is 0 Å². The highest BCUT2D eigenvalue weighted by Gasteiger charge is 2.41. The van der Waals surface area contributed by atoms with E-state index in [0.717, 1.165) is 11.1 Å². The number of benzene rings is 4. The normalized spacial score (nSPS) is 13.7. The number of carbonyl (C=O) groups excluding carboxylic acids is 2. The first-order valence-electron chi connectivity index (χ1n) is 12.2. The van der Waals surface area contributed by atoms with Crippen LogP contribution in [-0.2, 0) is 0 Å². The zero-order chi connectivity index (χ0) is 25.5. The van der Waals surface area contributed by atoms with Gasteiger partial charge in [-0.1, -0.05) is 73.7 Å². The number of carbonyl (C=O) groups is 2. The third-order valence-corrected chi connectivity index (χ3v) is 6.86. The monoisotopic (exact) mass is 485 g/mol. The molecule has 5 aromatic rings. The first kappa shape index (κ1) is 22.6. The lowest BCUT2D eigenvalue weighted by Crippen LogP contribution is -2.38. The number of rotatable bonds is 5. The summed E-state index contributed by atoms with van der Waals surface area (Å²) in [7, 11) is 0. The van der Waals surface area contributed by atoms with E-state index in [-0.39, 0.29) is 17.4 Å². The summed E-state index contributed by atoms with van der Waals surface area (Å²) in [5.74, 6) is -0.394. The molecule has 1 atom stereocenters. The summed E-state index contributed by atoms with van der Waals surface area (Å²) in [5.41, 5.74) is 3.71. The highest BCUT2D eigenvalue weighted by atomic mass is 16.2. The van der Waals surface area contributed by atoms with E-state index in [9.17, 15) is 14.4 Å². The number of imide groups is 1. The molecule has 1 aliphatic heterocycles. The predicted molar refractivity (Wildman–Crippen MR) is 143 cm³/mol. The summed E-state index contributed by atoms with van der Waals surface area (Å²) in [4.78, 5) is 46.7. The number of hydrogen-bond donors (Lipinski definition) is 0. The van der Waals surface area contributed by atoms with Gasteiger partial charge in [-0.15, -0.1) is 0 Å². The maximum atomic E-state index is 13.9. The van der Waals surface area contributed by atoms with Crippen LogP contribution in [0.2, 0.25) is 0 Å². The van der Waals surface area contributed by atoms with Gasteiger partial charge in [0.1, 0.15) is 5.82 Å². The van der Waals surface area contributed by atoms with Crippen LogP contribution in [0.3, 0.4) is 0 Å². The minimum Gasteiger partial charge on any atom is -0.269 e. The maximum absolute atomic E-state index is 13.9. The van der Waals surface area contributed by atoms with Gasteiger partial charge < -0.3 is 0 Å². The van der Waals surface area contributed by atoms with Crippen LogP contribution in [0.5, 0.6) is 0 Å². The number of para-hydroxylation sites is 1. The fourth-order valence-corrected chi connectivity index (χ4v) is 5.03. The van der Waals surface area contributed by atoms with Crippen LogP contribution < -0.4 is 5.56 Å². The molecule has 0 N–H and O–H groups in total. The second-order valence-corrected chi connectivity index (χ2v) is 8.99. The topological polar surface area (TPSA) is 72.3 Å². The third-order valence-electron chi connectivity index (χ3n) is 6.86. The highest BCUT2D eigenvalue weighted by molar-refractivity contribution is 6.21. The van der Waals surface area contributed by atoms with E-state index in [1.54, 1.807) is 42.5 Å². The van der Waals surface area contributed by atoms with E-state index in [0.29, 0.717) is 40.0 Å². The molecule has 2 amide bonds. The molecule has 0 fully saturated rings. The summed E-state index contributed by atoms with van der Waals surface area (Å²) < 4.78 is 1.54. The summed E-state index contributed by atoms with van der Waals surface area (Å²) in [5, 5.41) is 0.468. The Morgan fingerprint density at radius 1 is 0.676 bits per heavy atom. The Balaban J connectivity index is 1.54. The van der Waals surface area contributed by atoms with Gasteiger partial charge in [0, 0.05) is 0 Å². The van der Waals surface area contributed by atoms with Crippen molar-refractivity contribution >= 4 is 22.7 Å². The molecular weight excluding hydrogens is 462 g/mol. The largest absolute Gasteiger partial charge is 0.269 e. The van der Waals surface area contributed by atoms with Crippen molar-refractivity contribution in [1.29, 1.82) is 0 Å². The van der Waals surface area contributed by atoms with Crippen molar-refractivity contribution in [2.45, 2.75) is 19.4 Å². The molecule has 2 heterocycles. The van der Waals surface area contributed by atoms with E-state index in [4.69, 9.17) is 4.98 Å². The smallest absolute Gasteiger partial charge is 0.266 e. The molecule has 1 aromatic heterocycles. The van der Waals surface area contributed by atoms with E-state index in [1.165, 1.54) is 9.47 Å². The van der Waals surface area contributed by atoms with Crippen molar-refractivity contribution in [3.8, 4) is 16.8 Å². The standard InChI is InChI=1S/C31H23N3O3/c1-2-27(34-29(35)23-12-6-7-13-24(23)30(34)36)28-32-26-15-9-8-14-25(26)31(37)33(28)22-18-16-21(17-19-22)20-10-4-3-5-11-20/h3-19,27H,2H2,1H3. The molecule has 6 heteroatoms. The van der Waals surface area contributed by atoms with Gasteiger partial charge in [-0.3, -0.25) is 23.9 Å². The molecule has 4 aromatic carbocycles. The van der Waals surface area contributed by atoms with Crippen molar-refractivity contribution < 1.29 is 9.59 Å². The average Bonchev–Trinajstić information content (AvgIpc) is 3.20. The lowest BCUT2D eigenvalue weighted by atomic mass is 10.1. The molecule has 37 heavy (non-hydrogen) atoms. The van der Waals surface area contributed by atoms with Gasteiger partial charge in [-0.2, -0.15) is 0 Å². The summed E-state index contributed by atoms with van der Waals surface area (Å²) in [6, 6.07) is 30.9. The SMILES string of the molecule is CCC(c1nc2ccccc2c(=O)n1-c1ccc(-c2ccccc2)cc1)N1C(=O)c2ccccc2C1=O. The number of fused-ring (bicyclic) bond motifs is 2. The number of aromatic nitrogens is 2. The Kier molecular flexibility index (Phi) is 5.49. The highest BCUT2D eigenvalue weighted by Crippen LogP contribution is 2.34. The Labute approximate surface area is 213 Å². The van der Waals surface area contributed by atoms with Crippen LogP contribution in [0.4, 0.5) is 0 Å². The summed E-state index contributed by atoms with van der Waals surface area (Å²) in [6.07, 6.45) is 0.401. The van der Waals surface area contributed by atoms with Crippen molar-refractivity contribution in [3.05, 3.63) is 130 Å². The van der Waals surface area contributed by atoms with Gasteiger partial charge in [0.15, 0.2) is 0 Å². The molecule has 6 nitrogen and oxygen atoms in total. The maximum Gasteiger partial charge on any atom is 0.266 e. The zero-order valence-electron chi connectivity index (χ0n) is 20.2. The Bertz CT molecular complexity index is 1690. The average molecular weight is 486 g/mol. The first-order chi connectivity index (χ1) is 18.1. The van der Waals surface area contributed by atoms with Gasteiger partial charge >= 0.3 is 0 Å². The molecule has 0 bridgehead atoms. The second kappa shape index (κ2) is 8.99. The van der Waals surface area contributed by atoms with Gasteiger partial charge in [-0.25, -0.2) is 4.98 Å². The van der Waals surface area contributed by atoms with Gasteiger partial charge in [0.2, 0.25) is 0 Å². The zero-order valence-corrected chi connectivity index (χ0v) is 20.2. The molecule has 6 rings (SSSR count). The van der Waals surface area contributed by atoms with E-state index < -0.39 is 6.04 Å². The lowest BCUT2D eigenvalue weighted by Gasteiger charge is -2.27.